The zero-order chi connectivity index (χ0) is 12.9. The van der Waals surface area contributed by atoms with Crippen LogP contribution in [0.3, 0.4) is 0 Å². The minimum absolute atomic E-state index is 0.335. The van der Waals surface area contributed by atoms with E-state index in [0.29, 0.717) is 5.92 Å². The van der Waals surface area contributed by atoms with E-state index in [9.17, 15) is 0 Å². The molecule has 0 aliphatic heterocycles. The molecule has 0 fully saturated rings. The molecular formula is C17H16N2. The van der Waals surface area contributed by atoms with Crippen molar-refractivity contribution < 1.29 is 0 Å². The third-order valence-corrected chi connectivity index (χ3v) is 3.33. The predicted molar refractivity (Wildman–Crippen MR) is 77.0 cm³/mol. The van der Waals surface area contributed by atoms with Crippen LogP contribution in [0.1, 0.15) is 17.0 Å². The molecule has 3 rings (SSSR count). The molecule has 3 aromatic rings. The van der Waals surface area contributed by atoms with Crippen molar-refractivity contribution in [2.75, 3.05) is 0 Å². The molecule has 0 aliphatic rings. The first kappa shape index (κ1) is 11.7. The van der Waals surface area contributed by atoms with E-state index in [2.05, 4.69) is 65.8 Å². The van der Waals surface area contributed by atoms with Crippen molar-refractivity contribution in [1.29, 1.82) is 0 Å². The van der Waals surface area contributed by atoms with Crippen LogP contribution in [-0.4, -0.2) is 9.78 Å². The van der Waals surface area contributed by atoms with Crippen LogP contribution >= 0.6 is 0 Å². The summed E-state index contributed by atoms with van der Waals surface area (Å²) in [6, 6.07) is 23.2. The Kier molecular flexibility index (Phi) is 3.41. The number of hydrogen-bond donors (Lipinski definition) is 0. The Hall–Kier alpha value is -2.35. The van der Waals surface area contributed by atoms with Crippen molar-refractivity contribution in [2.24, 2.45) is 0 Å². The van der Waals surface area contributed by atoms with Gasteiger partial charge in [-0.2, -0.15) is 5.10 Å². The second kappa shape index (κ2) is 5.53. The molecule has 1 aromatic heterocycles. The number of rotatable bonds is 4. The minimum Gasteiger partial charge on any atom is -0.272 e. The first-order valence-corrected chi connectivity index (χ1v) is 6.51. The number of hydrogen-bond acceptors (Lipinski definition) is 1. The van der Waals surface area contributed by atoms with Gasteiger partial charge in [0.25, 0.3) is 0 Å². The van der Waals surface area contributed by atoms with E-state index in [1.807, 2.05) is 23.1 Å². The maximum atomic E-state index is 4.32. The molecule has 0 aliphatic carbocycles. The molecule has 0 saturated carbocycles. The highest BCUT2D eigenvalue weighted by Crippen LogP contribution is 2.25. The molecule has 94 valence electrons. The quantitative estimate of drug-likeness (QED) is 0.688. The van der Waals surface area contributed by atoms with E-state index in [1.165, 1.54) is 11.1 Å². The molecule has 0 radical (unpaired) electrons. The van der Waals surface area contributed by atoms with Gasteiger partial charge < -0.3 is 0 Å². The Morgan fingerprint density at radius 2 is 1.37 bits per heavy atom. The van der Waals surface area contributed by atoms with Crippen LogP contribution < -0.4 is 0 Å². The van der Waals surface area contributed by atoms with Crippen LogP contribution in [-0.2, 0) is 6.54 Å². The van der Waals surface area contributed by atoms with Crippen molar-refractivity contribution in [3.05, 3.63) is 90.3 Å². The van der Waals surface area contributed by atoms with Crippen molar-refractivity contribution in [3.8, 4) is 0 Å². The molecule has 0 saturated heterocycles. The molecule has 0 amide bonds. The Balaban J connectivity index is 1.96. The zero-order valence-corrected chi connectivity index (χ0v) is 10.7. The summed E-state index contributed by atoms with van der Waals surface area (Å²) in [5.74, 6) is 0.335. The van der Waals surface area contributed by atoms with E-state index in [4.69, 9.17) is 0 Å². The number of nitrogens with zero attached hydrogens (tertiary/aromatic N) is 2. The molecule has 0 spiro atoms. The lowest BCUT2D eigenvalue weighted by molar-refractivity contribution is 0.563. The smallest absolute Gasteiger partial charge is 0.0518 e. The molecule has 0 atom stereocenters. The lowest BCUT2D eigenvalue weighted by Gasteiger charge is -2.18. The van der Waals surface area contributed by atoms with Crippen molar-refractivity contribution in [2.45, 2.75) is 12.5 Å². The predicted octanol–water partition coefficient (Wildman–Crippen LogP) is 3.72. The highest BCUT2D eigenvalue weighted by Gasteiger charge is 2.14. The van der Waals surface area contributed by atoms with Crippen LogP contribution in [0.4, 0.5) is 0 Å². The third-order valence-electron chi connectivity index (χ3n) is 3.33. The standard InChI is InChI=1S/C17H16N2/c1-3-8-15(9-4-1)17(14-19-13-7-12-18-19)16-10-5-2-6-11-16/h1-13,17H,14H2. The average Bonchev–Trinajstić information content (AvgIpc) is 3.00. The Bertz CT molecular complexity index is 561. The number of benzene rings is 2. The Morgan fingerprint density at radius 3 is 1.84 bits per heavy atom. The summed E-state index contributed by atoms with van der Waals surface area (Å²) in [6.07, 6.45) is 3.84. The van der Waals surface area contributed by atoms with Crippen LogP contribution in [0.2, 0.25) is 0 Å². The lowest BCUT2D eigenvalue weighted by atomic mass is 9.91. The average molecular weight is 248 g/mol. The van der Waals surface area contributed by atoms with Gasteiger partial charge in [0.05, 0.1) is 6.54 Å². The van der Waals surface area contributed by atoms with Crippen LogP contribution in [0.15, 0.2) is 79.1 Å². The molecular weight excluding hydrogens is 232 g/mol. The first-order valence-electron chi connectivity index (χ1n) is 6.51. The molecule has 19 heavy (non-hydrogen) atoms. The van der Waals surface area contributed by atoms with E-state index < -0.39 is 0 Å². The third kappa shape index (κ3) is 2.74. The van der Waals surface area contributed by atoms with E-state index in [0.717, 1.165) is 6.54 Å². The summed E-state index contributed by atoms with van der Waals surface area (Å²) < 4.78 is 1.99. The van der Waals surface area contributed by atoms with Gasteiger partial charge in [-0.1, -0.05) is 60.7 Å². The SMILES string of the molecule is c1ccc(C(Cn2cccn2)c2ccccc2)cc1. The molecule has 0 unspecified atom stereocenters. The van der Waals surface area contributed by atoms with Crippen molar-refractivity contribution >= 4 is 0 Å². The first-order chi connectivity index (χ1) is 9.43. The van der Waals surface area contributed by atoms with Gasteiger partial charge in [0.1, 0.15) is 0 Å². The van der Waals surface area contributed by atoms with Crippen molar-refractivity contribution in [1.82, 2.24) is 9.78 Å². The normalized spacial score (nSPS) is 10.8. The largest absolute Gasteiger partial charge is 0.272 e. The van der Waals surface area contributed by atoms with Gasteiger partial charge in [0.2, 0.25) is 0 Å². The van der Waals surface area contributed by atoms with Gasteiger partial charge in [-0.25, -0.2) is 0 Å². The van der Waals surface area contributed by atoms with Gasteiger partial charge in [-0.05, 0) is 17.2 Å². The maximum Gasteiger partial charge on any atom is 0.0518 e. The molecule has 2 heteroatoms. The molecule has 2 aromatic carbocycles. The molecule has 0 bridgehead atoms. The second-order valence-electron chi connectivity index (χ2n) is 4.60. The van der Waals surface area contributed by atoms with Gasteiger partial charge >= 0.3 is 0 Å². The topological polar surface area (TPSA) is 17.8 Å². The summed E-state index contributed by atoms with van der Waals surface area (Å²) >= 11 is 0. The van der Waals surface area contributed by atoms with Gasteiger partial charge in [0, 0.05) is 18.3 Å². The van der Waals surface area contributed by atoms with E-state index >= 15 is 0 Å². The van der Waals surface area contributed by atoms with Crippen LogP contribution in [0.25, 0.3) is 0 Å². The molecule has 0 N–H and O–H groups in total. The van der Waals surface area contributed by atoms with Gasteiger partial charge in [-0.3, -0.25) is 4.68 Å². The second-order valence-corrected chi connectivity index (χ2v) is 4.60. The van der Waals surface area contributed by atoms with E-state index in [1.54, 1.807) is 0 Å². The summed E-state index contributed by atoms with van der Waals surface area (Å²) in [5.41, 5.74) is 2.65. The Labute approximate surface area is 113 Å². The minimum atomic E-state index is 0.335. The highest BCUT2D eigenvalue weighted by molar-refractivity contribution is 5.32. The summed E-state index contributed by atoms with van der Waals surface area (Å²) in [6.45, 7) is 0.862. The Morgan fingerprint density at radius 1 is 0.789 bits per heavy atom. The van der Waals surface area contributed by atoms with Crippen molar-refractivity contribution in [3.63, 3.8) is 0 Å². The summed E-state index contributed by atoms with van der Waals surface area (Å²) in [7, 11) is 0. The fraction of sp³-hybridized carbons (Fsp3) is 0.118. The fourth-order valence-electron chi connectivity index (χ4n) is 2.37. The monoisotopic (exact) mass is 248 g/mol. The van der Waals surface area contributed by atoms with E-state index in [-0.39, 0.29) is 0 Å². The van der Waals surface area contributed by atoms with Crippen LogP contribution in [0.5, 0.6) is 0 Å². The lowest BCUT2D eigenvalue weighted by Crippen LogP contribution is -2.11. The molecule has 2 nitrogen and oxygen atoms in total. The van der Waals surface area contributed by atoms with Gasteiger partial charge in [0.15, 0.2) is 0 Å². The zero-order valence-electron chi connectivity index (χ0n) is 10.7. The highest BCUT2D eigenvalue weighted by atomic mass is 15.3. The fourth-order valence-corrected chi connectivity index (χ4v) is 2.37. The molecule has 1 heterocycles. The maximum absolute atomic E-state index is 4.32. The number of aromatic nitrogens is 2. The van der Waals surface area contributed by atoms with Gasteiger partial charge in [-0.15, -0.1) is 0 Å². The van der Waals surface area contributed by atoms with Crippen LogP contribution in [0, 0.1) is 0 Å². The summed E-state index contributed by atoms with van der Waals surface area (Å²) in [5, 5.41) is 4.32. The summed E-state index contributed by atoms with van der Waals surface area (Å²) in [4.78, 5) is 0.